The molecule has 2 aliphatic heterocycles. The number of amides is 4. The molecule has 2 fully saturated rings. The van der Waals surface area contributed by atoms with Crippen molar-refractivity contribution in [3.63, 3.8) is 0 Å². The Balaban J connectivity index is 1.21. The highest BCUT2D eigenvalue weighted by molar-refractivity contribution is 5.88. The zero-order valence-electron chi connectivity index (χ0n) is 30.6. The van der Waals surface area contributed by atoms with Gasteiger partial charge < -0.3 is 34.9 Å². The third-order valence-electron chi connectivity index (χ3n) is 10.3. The summed E-state index contributed by atoms with van der Waals surface area (Å²) in [6.45, 7) is 8.63. The van der Waals surface area contributed by atoms with Crippen molar-refractivity contribution in [2.24, 2.45) is 11.8 Å². The van der Waals surface area contributed by atoms with Crippen LogP contribution in [0.1, 0.15) is 77.1 Å². The van der Waals surface area contributed by atoms with Gasteiger partial charge in [-0.25, -0.2) is 19.6 Å². The number of nitrogens with zero attached hydrogens (tertiary/aromatic N) is 5. The van der Waals surface area contributed by atoms with E-state index in [1.54, 1.807) is 9.80 Å². The Bertz CT molecular complexity index is 1950. The summed E-state index contributed by atoms with van der Waals surface area (Å²) >= 11 is 0. The van der Waals surface area contributed by atoms with Crippen molar-refractivity contribution in [3.8, 4) is 22.4 Å². The van der Waals surface area contributed by atoms with E-state index >= 15 is 0 Å². The Kier molecular flexibility index (Phi) is 10.5. The van der Waals surface area contributed by atoms with E-state index in [1.807, 2.05) is 70.3 Å². The molecule has 4 heterocycles. The van der Waals surface area contributed by atoms with Gasteiger partial charge in [0, 0.05) is 31.9 Å². The number of likely N-dealkylation sites (tertiary alicyclic amines) is 2. The lowest BCUT2D eigenvalue weighted by molar-refractivity contribution is -0.138. The number of methoxy groups -OCH3 is 1. The van der Waals surface area contributed by atoms with E-state index in [0.717, 1.165) is 64.0 Å². The van der Waals surface area contributed by atoms with Crippen LogP contribution in [0.5, 0.6) is 0 Å². The molecule has 2 aromatic heterocycles. The molecule has 0 bridgehead atoms. The molecular formula is C38H48N8O6. The van der Waals surface area contributed by atoms with Crippen molar-refractivity contribution in [3.05, 3.63) is 60.3 Å². The minimum absolute atomic E-state index is 0.119. The second-order valence-electron chi connectivity index (χ2n) is 14.4. The Labute approximate surface area is 302 Å². The monoisotopic (exact) mass is 712 g/mol. The van der Waals surface area contributed by atoms with Gasteiger partial charge in [0.1, 0.15) is 23.7 Å². The molecule has 2 aromatic carbocycles. The first-order valence-corrected chi connectivity index (χ1v) is 17.9. The fraction of sp³-hybridized carbons (Fsp3) is 0.474. The van der Waals surface area contributed by atoms with Crippen molar-refractivity contribution < 1.29 is 29.0 Å². The normalized spacial score (nSPS) is 18.6. The number of carbonyl (C=O) groups is 4. The number of aromatic amines is 2. The smallest absolute Gasteiger partial charge is 0.407 e. The molecule has 0 spiro atoms. The lowest BCUT2D eigenvalue weighted by Crippen LogP contribution is -2.51. The lowest BCUT2D eigenvalue weighted by Gasteiger charge is -2.33. The van der Waals surface area contributed by atoms with Crippen LogP contribution in [-0.2, 0) is 14.3 Å². The number of alkyl carbamates (subject to hydrolysis) is 1. The fourth-order valence-corrected chi connectivity index (χ4v) is 7.57. The number of aromatic nitrogens is 4. The Morgan fingerprint density at radius 2 is 1.54 bits per heavy atom. The molecule has 6 rings (SSSR count). The van der Waals surface area contributed by atoms with E-state index in [0.29, 0.717) is 24.7 Å². The molecule has 276 valence electrons. The van der Waals surface area contributed by atoms with Gasteiger partial charge in [0.15, 0.2) is 0 Å². The molecule has 2 saturated heterocycles. The number of ether oxygens (including phenoxy) is 1. The van der Waals surface area contributed by atoms with Crippen LogP contribution in [0, 0.1) is 11.8 Å². The molecular weight excluding hydrogens is 664 g/mol. The first-order valence-electron chi connectivity index (χ1n) is 17.9. The number of fused-ring (bicyclic) bond motifs is 1. The van der Waals surface area contributed by atoms with Crippen molar-refractivity contribution in [1.82, 2.24) is 40.0 Å². The van der Waals surface area contributed by atoms with Crippen molar-refractivity contribution >= 4 is 35.0 Å². The summed E-state index contributed by atoms with van der Waals surface area (Å²) in [5, 5.41) is 12.3. The third-order valence-corrected chi connectivity index (χ3v) is 10.3. The summed E-state index contributed by atoms with van der Waals surface area (Å²) in [5.74, 6) is 0.731. The molecule has 4 N–H and O–H groups in total. The van der Waals surface area contributed by atoms with E-state index in [4.69, 9.17) is 14.7 Å². The van der Waals surface area contributed by atoms with Gasteiger partial charge in [-0.15, -0.1) is 0 Å². The molecule has 2 aliphatic rings. The van der Waals surface area contributed by atoms with Crippen LogP contribution < -0.4 is 5.32 Å². The van der Waals surface area contributed by atoms with E-state index in [2.05, 4.69) is 21.4 Å². The minimum atomic E-state index is -1.13. The summed E-state index contributed by atoms with van der Waals surface area (Å²) < 4.78 is 4.76. The predicted molar refractivity (Wildman–Crippen MR) is 195 cm³/mol. The highest BCUT2D eigenvalue weighted by Gasteiger charge is 2.40. The largest absolute Gasteiger partial charge is 0.465 e. The molecule has 4 amide bonds. The van der Waals surface area contributed by atoms with Crippen molar-refractivity contribution in [1.29, 1.82) is 0 Å². The molecule has 0 saturated carbocycles. The summed E-state index contributed by atoms with van der Waals surface area (Å²) in [4.78, 5) is 72.2. The topological polar surface area (TPSA) is 177 Å². The van der Waals surface area contributed by atoms with Crippen LogP contribution in [0.3, 0.4) is 0 Å². The number of likely N-dealkylation sites (N-methyl/N-ethyl adjacent to an activating group) is 1. The first-order chi connectivity index (χ1) is 24.9. The molecule has 1 unspecified atom stereocenters. The van der Waals surface area contributed by atoms with Gasteiger partial charge in [-0.1, -0.05) is 52.0 Å². The average Bonchev–Trinajstić information content (AvgIpc) is 3.95. The minimum Gasteiger partial charge on any atom is -0.465 e. The quantitative estimate of drug-likeness (QED) is 0.156. The van der Waals surface area contributed by atoms with Crippen LogP contribution in [-0.4, -0.2) is 103 Å². The number of hydrogen-bond donors (Lipinski definition) is 4. The maximum Gasteiger partial charge on any atom is 0.407 e. The molecule has 0 radical (unpaired) electrons. The molecule has 52 heavy (non-hydrogen) atoms. The number of nitrogens with one attached hydrogen (secondary N) is 3. The number of hydrogen-bond acceptors (Lipinski definition) is 7. The molecule has 4 atom stereocenters. The zero-order valence-corrected chi connectivity index (χ0v) is 30.6. The lowest BCUT2D eigenvalue weighted by atomic mass is 10.0. The second kappa shape index (κ2) is 15.1. The molecule has 4 aromatic rings. The third kappa shape index (κ3) is 7.19. The Morgan fingerprint density at radius 1 is 0.885 bits per heavy atom. The maximum atomic E-state index is 13.7. The van der Waals surface area contributed by atoms with Crippen molar-refractivity contribution in [2.75, 3.05) is 27.2 Å². The van der Waals surface area contributed by atoms with Crippen LogP contribution in [0.15, 0.2) is 48.7 Å². The van der Waals surface area contributed by atoms with Gasteiger partial charge in [0.05, 0.1) is 35.9 Å². The van der Waals surface area contributed by atoms with E-state index in [9.17, 15) is 24.3 Å². The summed E-state index contributed by atoms with van der Waals surface area (Å²) in [7, 11) is 2.73. The average molecular weight is 713 g/mol. The number of carboxylic acid groups (broad SMARTS) is 1. The fourth-order valence-electron chi connectivity index (χ4n) is 7.57. The van der Waals surface area contributed by atoms with Crippen molar-refractivity contribution in [2.45, 2.75) is 77.5 Å². The Morgan fingerprint density at radius 3 is 2.19 bits per heavy atom. The molecule has 14 heteroatoms. The second-order valence-corrected chi connectivity index (χ2v) is 14.4. The zero-order chi connectivity index (χ0) is 37.3. The molecule has 14 nitrogen and oxygen atoms in total. The standard InChI is InChI=1S/C38H48N8O6/c1-21(2)31(43-37(49)52-6)35(47)45-16-8-12-29(45)33-39-20-28(42-33)25-11-7-10-23(18-25)24-14-15-26-27(19-24)41-34(40-26)30-13-9-17-46(30)36(48)32(22(3)4)44(5)38(50)51/h7,10-11,14-15,18-22,29-32H,8-9,12-13,16-17H2,1-6H3,(H,39,42)(H,40,41)(H,43,49)(H,50,51)/t29?,30-,31-,32-/m0/s1. The number of imidazole rings is 2. The summed E-state index contributed by atoms with van der Waals surface area (Å²) in [6, 6.07) is 12.1. The predicted octanol–water partition coefficient (Wildman–Crippen LogP) is 5.96. The SMILES string of the molecule is COC(=O)N[C@H](C(=O)N1CCCC1c1nc(-c2cccc(-c3ccc4[nH]c([C@@H]5CCCN5C(=O)[C@H](C(C)C)N(C)C(=O)O)nc4c3)c2)c[nH]1)C(C)C. The van der Waals surface area contributed by atoms with Gasteiger partial charge in [0.25, 0.3) is 0 Å². The van der Waals surface area contributed by atoms with Gasteiger partial charge in [-0.2, -0.15) is 0 Å². The highest BCUT2D eigenvalue weighted by Crippen LogP contribution is 2.36. The van der Waals surface area contributed by atoms with Gasteiger partial charge in [-0.3, -0.25) is 14.5 Å². The van der Waals surface area contributed by atoms with Gasteiger partial charge >= 0.3 is 12.2 Å². The van der Waals surface area contributed by atoms with E-state index < -0.39 is 24.3 Å². The van der Waals surface area contributed by atoms with E-state index in [-0.39, 0.29) is 35.7 Å². The van der Waals surface area contributed by atoms with E-state index in [1.165, 1.54) is 14.2 Å². The molecule has 0 aliphatic carbocycles. The van der Waals surface area contributed by atoms with Crippen LogP contribution in [0.25, 0.3) is 33.4 Å². The number of benzene rings is 2. The van der Waals surface area contributed by atoms with Gasteiger partial charge in [0.2, 0.25) is 11.8 Å². The van der Waals surface area contributed by atoms with Crippen LogP contribution >= 0.6 is 0 Å². The van der Waals surface area contributed by atoms with Crippen LogP contribution in [0.4, 0.5) is 9.59 Å². The number of carbonyl (C=O) groups excluding carboxylic acids is 3. The summed E-state index contributed by atoms with van der Waals surface area (Å²) in [5.41, 5.74) is 5.25. The highest BCUT2D eigenvalue weighted by atomic mass is 16.5. The number of H-pyrrole nitrogens is 2. The summed E-state index contributed by atoms with van der Waals surface area (Å²) in [6.07, 6.45) is 3.23. The van der Waals surface area contributed by atoms with Gasteiger partial charge in [-0.05, 0) is 66.8 Å². The maximum absolute atomic E-state index is 13.7. The Hall–Kier alpha value is -5.40. The first kappa shape index (κ1) is 36.4. The van der Waals surface area contributed by atoms with Crippen LogP contribution in [0.2, 0.25) is 0 Å². The number of rotatable bonds is 10.